The summed E-state index contributed by atoms with van der Waals surface area (Å²) < 4.78 is 18.0. The van der Waals surface area contributed by atoms with Crippen molar-refractivity contribution in [3.63, 3.8) is 0 Å². The van der Waals surface area contributed by atoms with E-state index < -0.39 is 12.2 Å². The molecule has 7 unspecified atom stereocenters. The first-order chi connectivity index (χ1) is 17.4. The number of primary amides is 2. The van der Waals surface area contributed by atoms with Crippen molar-refractivity contribution in [2.75, 3.05) is 0 Å². The van der Waals surface area contributed by atoms with Crippen LogP contribution in [0.4, 0.5) is 9.59 Å². The van der Waals surface area contributed by atoms with Crippen molar-refractivity contribution < 1.29 is 23.8 Å². The molecule has 0 aromatic carbocycles. The number of nitrogens with two attached hydrogens (primary N) is 2. The number of hydrogen-bond acceptors (Lipinski definition) is 5. The Hall–Kier alpha value is -1.50. The maximum Gasteiger partial charge on any atom is 0.404 e. The van der Waals surface area contributed by atoms with Gasteiger partial charge in [0.15, 0.2) is 0 Å². The molecule has 1 saturated heterocycles. The normalized spacial score (nSPS) is 49.9. The van der Waals surface area contributed by atoms with E-state index in [0.717, 1.165) is 31.6 Å². The van der Waals surface area contributed by atoms with Gasteiger partial charge in [-0.25, -0.2) is 9.59 Å². The Kier molecular flexibility index (Phi) is 5.74. The first-order valence-corrected chi connectivity index (χ1v) is 14.9. The number of ether oxygens (including phenoxy) is 3. The Balaban J connectivity index is 1.22. The predicted octanol–water partition coefficient (Wildman–Crippen LogP) is 5.78. The first-order valence-electron chi connectivity index (χ1n) is 14.9. The molecule has 1 aliphatic heterocycles. The molecule has 5 aliphatic carbocycles. The van der Waals surface area contributed by atoms with E-state index in [4.69, 9.17) is 25.7 Å². The third-order valence-corrected chi connectivity index (χ3v) is 13.1. The Morgan fingerprint density at radius 1 is 0.865 bits per heavy atom. The molecule has 6 aliphatic rings. The molecule has 11 atom stereocenters. The zero-order valence-corrected chi connectivity index (χ0v) is 23.5. The number of fused-ring (bicyclic) bond motifs is 4. The van der Waals surface area contributed by atoms with Gasteiger partial charge in [0.05, 0.1) is 12.2 Å². The van der Waals surface area contributed by atoms with Crippen LogP contribution in [0.1, 0.15) is 98.8 Å². The minimum Gasteiger partial charge on any atom is -0.446 e. The second-order valence-electron chi connectivity index (χ2n) is 14.9. The quantitative estimate of drug-likeness (QED) is 0.492. The van der Waals surface area contributed by atoms with Gasteiger partial charge in [0.2, 0.25) is 0 Å². The molecule has 37 heavy (non-hydrogen) atoms. The first kappa shape index (κ1) is 25.8. The van der Waals surface area contributed by atoms with Crippen LogP contribution in [0.3, 0.4) is 0 Å². The number of amides is 2. The molecule has 2 spiro atoms. The zero-order chi connectivity index (χ0) is 26.5. The van der Waals surface area contributed by atoms with Crippen molar-refractivity contribution in [1.29, 1.82) is 0 Å². The maximum atomic E-state index is 11.6. The van der Waals surface area contributed by atoms with Gasteiger partial charge >= 0.3 is 12.2 Å². The lowest BCUT2D eigenvalue weighted by Gasteiger charge is -2.59. The molecule has 6 rings (SSSR count). The molecule has 0 radical (unpaired) electrons. The van der Waals surface area contributed by atoms with E-state index in [0.29, 0.717) is 34.0 Å². The summed E-state index contributed by atoms with van der Waals surface area (Å²) in [7, 11) is 0. The fourth-order valence-electron chi connectivity index (χ4n) is 11.6. The molecule has 1 heterocycles. The highest BCUT2D eigenvalue weighted by Crippen LogP contribution is 2.87. The van der Waals surface area contributed by atoms with Crippen molar-refractivity contribution in [2.24, 2.45) is 62.7 Å². The van der Waals surface area contributed by atoms with Gasteiger partial charge in [-0.15, -0.1) is 0 Å². The van der Waals surface area contributed by atoms with Gasteiger partial charge in [-0.3, -0.25) is 0 Å². The van der Waals surface area contributed by atoms with Crippen LogP contribution in [0.2, 0.25) is 0 Å². The zero-order valence-electron chi connectivity index (χ0n) is 23.5. The average Bonchev–Trinajstić information content (AvgIpc) is 3.39. The van der Waals surface area contributed by atoms with Crippen molar-refractivity contribution in [3.05, 3.63) is 0 Å². The van der Waals surface area contributed by atoms with Gasteiger partial charge in [0.25, 0.3) is 0 Å². The van der Waals surface area contributed by atoms with Crippen LogP contribution in [-0.4, -0.2) is 36.6 Å². The van der Waals surface area contributed by atoms with Crippen LogP contribution in [-0.2, 0) is 14.2 Å². The van der Waals surface area contributed by atoms with Gasteiger partial charge in [0, 0.05) is 5.41 Å². The van der Waals surface area contributed by atoms with Gasteiger partial charge in [0.1, 0.15) is 12.2 Å². The standard InChI is InChI=1S/C30H48N2O5/c1-16(2)24(37-26(32)34)20-8-6-18-21(35-20)14-19-17-7-9-22-27(3,4)23(36-25(31)33)10-11-30(22)15-29(17,30)13-12-28(18,19)5/h16-24H,6-15H2,1-5H3,(H2,31,33)(H2,32,34)/t17?,18-,19?,20?,21?,22?,23-,24+,28?,29-,30?/m0/s1. The highest BCUT2D eigenvalue weighted by Gasteiger charge is 2.80. The fraction of sp³-hybridized carbons (Fsp3) is 0.933. The molecule has 0 bridgehead atoms. The summed E-state index contributed by atoms with van der Waals surface area (Å²) in [6.45, 7) is 11.4. The second-order valence-corrected chi connectivity index (χ2v) is 14.9. The number of rotatable bonds is 4. The lowest BCUT2D eigenvalue weighted by molar-refractivity contribution is -0.148. The molecule has 0 aromatic rings. The molecular weight excluding hydrogens is 468 g/mol. The van der Waals surface area contributed by atoms with Crippen LogP contribution in [0.5, 0.6) is 0 Å². The van der Waals surface area contributed by atoms with Crippen LogP contribution in [0.25, 0.3) is 0 Å². The summed E-state index contributed by atoms with van der Waals surface area (Å²) in [5.41, 5.74) is 12.0. The monoisotopic (exact) mass is 516 g/mol. The number of hydrogen-bond donors (Lipinski definition) is 2. The Labute approximate surface area is 222 Å². The number of carbonyl (C=O) groups is 2. The van der Waals surface area contributed by atoms with Gasteiger partial charge in [-0.05, 0) is 110 Å². The summed E-state index contributed by atoms with van der Waals surface area (Å²) in [5.74, 6) is 2.84. The highest BCUT2D eigenvalue weighted by molar-refractivity contribution is 5.65. The van der Waals surface area contributed by atoms with E-state index in [1.807, 2.05) is 0 Å². The lowest BCUT2D eigenvalue weighted by Crippen LogP contribution is -2.55. The molecule has 208 valence electrons. The average molecular weight is 517 g/mol. The summed E-state index contributed by atoms with van der Waals surface area (Å²) >= 11 is 0. The van der Waals surface area contributed by atoms with Crippen molar-refractivity contribution in [3.8, 4) is 0 Å². The molecule has 7 nitrogen and oxygen atoms in total. The summed E-state index contributed by atoms with van der Waals surface area (Å²) in [6.07, 6.45) is 10.4. The summed E-state index contributed by atoms with van der Waals surface area (Å²) in [5, 5.41) is 0. The Morgan fingerprint density at radius 3 is 2.27 bits per heavy atom. The van der Waals surface area contributed by atoms with Crippen molar-refractivity contribution in [2.45, 2.75) is 123 Å². The molecule has 5 saturated carbocycles. The molecule has 4 N–H and O–H groups in total. The Bertz CT molecular complexity index is 968. The SMILES string of the molecule is CC(C)[C@@H](OC(N)=O)C1CC[C@H]2C(CC3C4CCC5C(C)(C)[C@@H](OC(N)=O)CCC56C[C@@]46CCC32C)O1. The van der Waals surface area contributed by atoms with Crippen molar-refractivity contribution >= 4 is 12.2 Å². The van der Waals surface area contributed by atoms with Crippen LogP contribution < -0.4 is 11.5 Å². The third-order valence-electron chi connectivity index (χ3n) is 13.1. The third kappa shape index (κ3) is 3.47. The highest BCUT2D eigenvalue weighted by atomic mass is 16.6. The van der Waals surface area contributed by atoms with Gasteiger partial charge < -0.3 is 25.7 Å². The van der Waals surface area contributed by atoms with E-state index in [1.54, 1.807) is 0 Å². The Morgan fingerprint density at radius 2 is 1.59 bits per heavy atom. The van der Waals surface area contributed by atoms with E-state index in [9.17, 15) is 9.59 Å². The van der Waals surface area contributed by atoms with Gasteiger partial charge in [-0.2, -0.15) is 0 Å². The molecule has 2 amide bonds. The van der Waals surface area contributed by atoms with E-state index in [1.165, 1.54) is 38.5 Å². The molecular formula is C30H48N2O5. The summed E-state index contributed by atoms with van der Waals surface area (Å²) in [6, 6.07) is 0. The van der Waals surface area contributed by atoms with Crippen molar-refractivity contribution in [1.82, 2.24) is 0 Å². The minimum atomic E-state index is -0.701. The molecule has 6 fully saturated rings. The predicted molar refractivity (Wildman–Crippen MR) is 139 cm³/mol. The maximum absolute atomic E-state index is 11.6. The van der Waals surface area contributed by atoms with Gasteiger partial charge in [-0.1, -0.05) is 34.6 Å². The summed E-state index contributed by atoms with van der Waals surface area (Å²) in [4.78, 5) is 23.2. The fourth-order valence-corrected chi connectivity index (χ4v) is 11.6. The van der Waals surface area contributed by atoms with Crippen LogP contribution in [0, 0.1) is 51.2 Å². The van der Waals surface area contributed by atoms with E-state index >= 15 is 0 Å². The second kappa shape index (κ2) is 8.25. The lowest BCUT2D eigenvalue weighted by atomic mass is 9.46. The molecule has 0 aromatic heterocycles. The topological polar surface area (TPSA) is 114 Å². The van der Waals surface area contributed by atoms with E-state index in [2.05, 4.69) is 34.6 Å². The van der Waals surface area contributed by atoms with Crippen LogP contribution >= 0.6 is 0 Å². The largest absolute Gasteiger partial charge is 0.446 e. The minimum absolute atomic E-state index is 0.0330. The van der Waals surface area contributed by atoms with E-state index in [-0.39, 0.29) is 35.7 Å². The molecule has 7 heteroatoms. The van der Waals surface area contributed by atoms with Crippen LogP contribution in [0.15, 0.2) is 0 Å². The number of carbonyl (C=O) groups excluding carboxylic acids is 2. The smallest absolute Gasteiger partial charge is 0.404 e.